The Kier molecular flexibility index (Phi) is 8.24. The number of nitrogens with two attached hydrogens (primary N) is 1. The molecule has 0 heterocycles. The molecule has 0 bridgehead atoms. The third-order valence-corrected chi connectivity index (χ3v) is 7.92. The summed E-state index contributed by atoms with van der Waals surface area (Å²) in [5.74, 6) is 4.35. The molecule has 1 unspecified atom stereocenters. The molecule has 1 heteroatoms. The van der Waals surface area contributed by atoms with Crippen LogP contribution < -0.4 is 5.73 Å². The van der Waals surface area contributed by atoms with Crippen LogP contribution in [0.5, 0.6) is 0 Å². The Bertz CT molecular complexity index is 512. The van der Waals surface area contributed by atoms with Gasteiger partial charge in [0, 0.05) is 6.54 Å². The molecule has 27 heavy (non-hydrogen) atoms. The summed E-state index contributed by atoms with van der Waals surface area (Å²) in [6, 6.07) is 0. The highest BCUT2D eigenvalue weighted by Gasteiger charge is 2.32. The van der Waals surface area contributed by atoms with E-state index >= 15 is 0 Å². The van der Waals surface area contributed by atoms with Gasteiger partial charge in [-0.1, -0.05) is 56.6 Å². The van der Waals surface area contributed by atoms with E-state index < -0.39 is 0 Å². The molecule has 0 radical (unpaired) electrons. The van der Waals surface area contributed by atoms with Gasteiger partial charge in [-0.2, -0.15) is 0 Å². The van der Waals surface area contributed by atoms with Gasteiger partial charge in [0.25, 0.3) is 0 Å². The first-order chi connectivity index (χ1) is 13.2. The van der Waals surface area contributed by atoms with Gasteiger partial charge in [-0.3, -0.25) is 0 Å². The van der Waals surface area contributed by atoms with Gasteiger partial charge >= 0.3 is 0 Å². The molecule has 3 aliphatic rings. The van der Waals surface area contributed by atoms with Gasteiger partial charge in [0.15, 0.2) is 0 Å². The van der Waals surface area contributed by atoms with Crippen molar-refractivity contribution in [3.63, 3.8) is 0 Å². The van der Waals surface area contributed by atoms with E-state index in [1.54, 1.807) is 5.57 Å². The second-order valence-electron chi connectivity index (χ2n) is 9.64. The molecule has 0 saturated heterocycles. The molecule has 152 valence electrons. The number of allylic oxidation sites excluding steroid dienone is 4. The van der Waals surface area contributed by atoms with Crippen LogP contribution in [0.3, 0.4) is 0 Å². The lowest BCUT2D eigenvalue weighted by Gasteiger charge is -2.38. The average Bonchev–Trinajstić information content (AvgIpc) is 2.74. The smallest absolute Gasteiger partial charge is 0.0136 e. The third kappa shape index (κ3) is 5.83. The quantitative estimate of drug-likeness (QED) is 0.355. The maximum atomic E-state index is 5.79. The highest BCUT2D eigenvalue weighted by Crippen LogP contribution is 2.44. The van der Waals surface area contributed by atoms with E-state index in [1.165, 1.54) is 89.0 Å². The zero-order valence-corrected chi connectivity index (χ0v) is 17.8. The van der Waals surface area contributed by atoms with Crippen LogP contribution in [-0.2, 0) is 0 Å². The van der Waals surface area contributed by atoms with Crippen LogP contribution in [0.15, 0.2) is 36.0 Å². The van der Waals surface area contributed by atoms with Crippen LogP contribution in [0.1, 0.15) is 90.4 Å². The Morgan fingerprint density at radius 1 is 1.00 bits per heavy atom. The van der Waals surface area contributed by atoms with Gasteiger partial charge in [0.1, 0.15) is 0 Å². The molecule has 3 rings (SSSR count). The van der Waals surface area contributed by atoms with Gasteiger partial charge < -0.3 is 5.73 Å². The van der Waals surface area contributed by atoms with Crippen molar-refractivity contribution < 1.29 is 0 Å². The predicted molar refractivity (Wildman–Crippen MR) is 119 cm³/mol. The summed E-state index contributed by atoms with van der Waals surface area (Å²) >= 11 is 0. The van der Waals surface area contributed by atoms with Gasteiger partial charge in [-0.15, -0.1) is 0 Å². The van der Waals surface area contributed by atoms with Crippen molar-refractivity contribution in [3.8, 4) is 0 Å². The van der Waals surface area contributed by atoms with Crippen LogP contribution in [0.25, 0.3) is 0 Å². The van der Waals surface area contributed by atoms with Crippen LogP contribution in [0.4, 0.5) is 0 Å². The SMILES string of the molecule is C=C(CN)C1CCC(C2CCC(C3=CCC(CCCCC)C=C3)CC2)CC1. The molecule has 0 aromatic rings. The Hall–Kier alpha value is -0.820. The van der Waals surface area contributed by atoms with Crippen molar-refractivity contribution >= 4 is 0 Å². The second kappa shape index (κ2) is 10.6. The lowest BCUT2D eigenvalue weighted by molar-refractivity contribution is 0.162. The fourth-order valence-electron chi connectivity index (χ4n) is 5.94. The zero-order valence-electron chi connectivity index (χ0n) is 17.8. The minimum atomic E-state index is 0.683. The molecule has 0 amide bonds. The van der Waals surface area contributed by atoms with Crippen molar-refractivity contribution in [2.45, 2.75) is 90.4 Å². The first kappa shape index (κ1) is 20.9. The van der Waals surface area contributed by atoms with E-state index in [9.17, 15) is 0 Å². The summed E-state index contributed by atoms with van der Waals surface area (Å²) in [6.07, 6.45) is 25.7. The van der Waals surface area contributed by atoms with Crippen LogP contribution in [-0.4, -0.2) is 6.54 Å². The molecule has 0 aromatic carbocycles. The minimum absolute atomic E-state index is 0.683. The molecule has 0 aromatic heterocycles. The summed E-state index contributed by atoms with van der Waals surface area (Å²) in [6.45, 7) is 7.17. The van der Waals surface area contributed by atoms with Crippen molar-refractivity contribution in [3.05, 3.63) is 36.0 Å². The van der Waals surface area contributed by atoms with E-state index in [1.807, 2.05) is 0 Å². The molecule has 3 aliphatic carbocycles. The van der Waals surface area contributed by atoms with Crippen molar-refractivity contribution in [1.29, 1.82) is 0 Å². The van der Waals surface area contributed by atoms with E-state index in [0.717, 1.165) is 23.7 Å². The number of hydrogen-bond donors (Lipinski definition) is 1. The summed E-state index contributed by atoms with van der Waals surface area (Å²) in [4.78, 5) is 0. The topological polar surface area (TPSA) is 26.0 Å². The normalized spacial score (nSPS) is 34.3. The zero-order chi connectivity index (χ0) is 19.1. The molecule has 1 atom stereocenters. The van der Waals surface area contributed by atoms with Crippen molar-refractivity contribution in [2.24, 2.45) is 35.3 Å². The van der Waals surface area contributed by atoms with E-state index in [-0.39, 0.29) is 0 Å². The summed E-state index contributed by atoms with van der Waals surface area (Å²) in [5, 5.41) is 0. The summed E-state index contributed by atoms with van der Waals surface area (Å²) in [5.41, 5.74) is 8.76. The number of hydrogen-bond acceptors (Lipinski definition) is 1. The molecular formula is C26H43N. The van der Waals surface area contributed by atoms with Crippen molar-refractivity contribution in [2.75, 3.05) is 6.54 Å². The highest BCUT2D eigenvalue weighted by atomic mass is 14.5. The van der Waals surface area contributed by atoms with Crippen LogP contribution in [0, 0.1) is 29.6 Å². The van der Waals surface area contributed by atoms with Gasteiger partial charge in [-0.05, 0) is 99.4 Å². The van der Waals surface area contributed by atoms with Crippen LogP contribution in [0.2, 0.25) is 0 Å². The van der Waals surface area contributed by atoms with Gasteiger partial charge in [0.05, 0.1) is 0 Å². The molecule has 1 nitrogen and oxygen atoms in total. The fourth-order valence-corrected chi connectivity index (χ4v) is 5.94. The molecule has 0 aliphatic heterocycles. The first-order valence-corrected chi connectivity index (χ1v) is 12.0. The lowest BCUT2D eigenvalue weighted by Crippen LogP contribution is -2.27. The lowest BCUT2D eigenvalue weighted by atomic mass is 9.67. The third-order valence-electron chi connectivity index (χ3n) is 7.92. The molecule has 0 spiro atoms. The standard InChI is InChI=1S/C26H43N/c1-3-4-5-6-21-7-9-23(10-8-21)25-15-17-26(18-16-25)24-13-11-22(12-14-24)20(2)19-27/h7,9-10,21-22,24-26H,2-6,8,11-19,27H2,1H3. The largest absolute Gasteiger partial charge is 0.327 e. The van der Waals surface area contributed by atoms with Crippen LogP contribution >= 0.6 is 0 Å². The number of unbranched alkanes of at least 4 members (excludes halogenated alkanes) is 2. The fraction of sp³-hybridized carbons (Fsp3) is 0.769. The van der Waals surface area contributed by atoms with E-state index in [4.69, 9.17) is 5.73 Å². The summed E-state index contributed by atoms with van der Waals surface area (Å²) in [7, 11) is 0. The Balaban J connectivity index is 1.38. The molecular weight excluding hydrogens is 326 g/mol. The Morgan fingerprint density at radius 2 is 1.67 bits per heavy atom. The second-order valence-corrected chi connectivity index (χ2v) is 9.64. The monoisotopic (exact) mass is 369 g/mol. The maximum Gasteiger partial charge on any atom is 0.0136 e. The van der Waals surface area contributed by atoms with Gasteiger partial charge in [0.2, 0.25) is 0 Å². The van der Waals surface area contributed by atoms with E-state index in [0.29, 0.717) is 12.5 Å². The molecule has 2 fully saturated rings. The summed E-state index contributed by atoms with van der Waals surface area (Å²) < 4.78 is 0. The first-order valence-electron chi connectivity index (χ1n) is 12.0. The minimum Gasteiger partial charge on any atom is -0.327 e. The van der Waals surface area contributed by atoms with Gasteiger partial charge in [-0.25, -0.2) is 0 Å². The maximum absolute atomic E-state index is 5.79. The predicted octanol–water partition coefficient (Wildman–Crippen LogP) is 7.20. The molecule has 2 saturated carbocycles. The Labute approximate surface area is 168 Å². The number of rotatable bonds is 8. The average molecular weight is 370 g/mol. The molecule has 2 N–H and O–H groups in total. The highest BCUT2D eigenvalue weighted by molar-refractivity contribution is 5.26. The van der Waals surface area contributed by atoms with Crippen molar-refractivity contribution in [1.82, 2.24) is 0 Å². The Morgan fingerprint density at radius 3 is 2.22 bits per heavy atom. The van der Waals surface area contributed by atoms with E-state index in [2.05, 4.69) is 31.7 Å².